The lowest BCUT2D eigenvalue weighted by molar-refractivity contribution is 0.0444. The molecule has 0 radical (unpaired) electrons. The van der Waals surface area contributed by atoms with Crippen LogP contribution in [0, 0.1) is 11.8 Å². The van der Waals surface area contributed by atoms with Gasteiger partial charge in [0.1, 0.15) is 5.69 Å². The van der Waals surface area contributed by atoms with Crippen LogP contribution in [-0.4, -0.2) is 47.5 Å². The summed E-state index contributed by atoms with van der Waals surface area (Å²) in [6.45, 7) is 12.4. The number of hydrogen-bond donors (Lipinski definition) is 2. The lowest BCUT2D eigenvalue weighted by Crippen LogP contribution is -2.56. The van der Waals surface area contributed by atoms with E-state index in [9.17, 15) is 4.79 Å². The number of nitrogens with one attached hydrogen (secondary N) is 1. The number of thiazole rings is 1. The van der Waals surface area contributed by atoms with E-state index in [1.54, 1.807) is 0 Å². The van der Waals surface area contributed by atoms with Crippen LogP contribution in [-0.2, 0) is 6.42 Å². The van der Waals surface area contributed by atoms with Crippen molar-refractivity contribution in [3.63, 3.8) is 0 Å². The molecule has 6 heteroatoms. The molecular weight excluding hydrogens is 308 g/mol. The van der Waals surface area contributed by atoms with Crippen LogP contribution in [0.5, 0.6) is 0 Å². The Bertz CT molecular complexity index is 518. The Balaban J connectivity index is 1.91. The van der Waals surface area contributed by atoms with Gasteiger partial charge in [-0.2, -0.15) is 0 Å². The maximum Gasteiger partial charge on any atom is 0.270 e. The molecule has 2 atom stereocenters. The van der Waals surface area contributed by atoms with E-state index < -0.39 is 0 Å². The van der Waals surface area contributed by atoms with Crippen LogP contribution in [0.1, 0.15) is 49.6 Å². The van der Waals surface area contributed by atoms with Crippen molar-refractivity contribution >= 4 is 17.2 Å². The first-order valence-electron chi connectivity index (χ1n) is 8.49. The average Bonchev–Trinajstić information content (AvgIpc) is 2.93. The Morgan fingerprint density at radius 1 is 1.43 bits per heavy atom. The van der Waals surface area contributed by atoms with Gasteiger partial charge in [-0.3, -0.25) is 9.69 Å². The van der Waals surface area contributed by atoms with Gasteiger partial charge in [0.15, 0.2) is 0 Å². The maximum absolute atomic E-state index is 12.3. The van der Waals surface area contributed by atoms with Crippen molar-refractivity contribution < 1.29 is 4.79 Å². The first-order chi connectivity index (χ1) is 10.8. The number of carbonyl (C=O) groups excluding carboxylic acids is 1. The zero-order valence-corrected chi connectivity index (χ0v) is 15.6. The van der Waals surface area contributed by atoms with Gasteiger partial charge in [-0.15, -0.1) is 11.3 Å². The predicted molar refractivity (Wildman–Crippen MR) is 95.8 cm³/mol. The number of hydrogen-bond acceptors (Lipinski definition) is 5. The summed E-state index contributed by atoms with van der Waals surface area (Å²) in [6.07, 6.45) is 2.02. The largest absolute Gasteiger partial charge is 0.349 e. The third-order valence-electron chi connectivity index (χ3n) is 4.55. The fourth-order valence-corrected chi connectivity index (χ4v) is 4.10. The smallest absolute Gasteiger partial charge is 0.270 e. The number of piperidine rings is 1. The minimum atomic E-state index is -0.0873. The molecule has 0 spiro atoms. The molecule has 0 aliphatic carbocycles. The van der Waals surface area contributed by atoms with Crippen LogP contribution >= 0.6 is 11.3 Å². The lowest BCUT2D eigenvalue weighted by Gasteiger charge is -2.45. The van der Waals surface area contributed by atoms with E-state index in [1.807, 2.05) is 5.38 Å². The monoisotopic (exact) mass is 338 g/mol. The molecule has 130 valence electrons. The van der Waals surface area contributed by atoms with Gasteiger partial charge in [-0.1, -0.05) is 13.8 Å². The molecule has 0 saturated carbocycles. The fraction of sp³-hybridized carbons (Fsp3) is 0.765. The molecule has 1 aliphatic heterocycles. The van der Waals surface area contributed by atoms with E-state index >= 15 is 0 Å². The van der Waals surface area contributed by atoms with E-state index in [1.165, 1.54) is 17.8 Å². The molecule has 5 nitrogen and oxygen atoms in total. The maximum atomic E-state index is 12.3. The molecule has 1 saturated heterocycles. The second kappa shape index (κ2) is 7.73. The normalized spacial score (nSPS) is 23.0. The minimum Gasteiger partial charge on any atom is -0.349 e. The molecule has 2 unspecified atom stereocenters. The molecule has 0 aromatic carbocycles. The summed E-state index contributed by atoms with van der Waals surface area (Å²) < 4.78 is 0. The zero-order valence-electron chi connectivity index (χ0n) is 14.8. The molecule has 1 aliphatic rings. The Morgan fingerprint density at radius 2 is 2.09 bits per heavy atom. The molecule has 2 heterocycles. The second-order valence-corrected chi connectivity index (χ2v) is 8.45. The Hall–Kier alpha value is -0.980. The number of amides is 1. The Labute approximate surface area is 143 Å². The van der Waals surface area contributed by atoms with Crippen LogP contribution < -0.4 is 11.1 Å². The molecule has 0 bridgehead atoms. The Kier molecular flexibility index (Phi) is 6.17. The van der Waals surface area contributed by atoms with Gasteiger partial charge in [0.2, 0.25) is 0 Å². The van der Waals surface area contributed by atoms with Crippen molar-refractivity contribution in [2.24, 2.45) is 17.6 Å². The van der Waals surface area contributed by atoms with Gasteiger partial charge in [0.05, 0.1) is 5.01 Å². The standard InChI is InChI=1S/C17H30N4OS/c1-12-7-13(2)9-21(8-12)17(3,4)11-19-16(22)14-10-23-15(20-14)5-6-18/h10,12-13H,5-9,11,18H2,1-4H3,(H,19,22). The molecule has 1 amide bonds. The Morgan fingerprint density at radius 3 is 2.70 bits per heavy atom. The molecule has 23 heavy (non-hydrogen) atoms. The SMILES string of the molecule is CC1CC(C)CN(C(C)(C)CNC(=O)c2csc(CCN)n2)C1. The van der Waals surface area contributed by atoms with Gasteiger partial charge in [0.25, 0.3) is 5.91 Å². The fourth-order valence-electron chi connectivity index (χ4n) is 3.31. The third kappa shape index (κ3) is 4.99. The van der Waals surface area contributed by atoms with Gasteiger partial charge >= 0.3 is 0 Å². The van der Waals surface area contributed by atoms with E-state index in [0.717, 1.165) is 24.5 Å². The van der Waals surface area contributed by atoms with E-state index in [2.05, 4.69) is 42.9 Å². The van der Waals surface area contributed by atoms with Crippen LogP contribution in [0.3, 0.4) is 0 Å². The van der Waals surface area contributed by atoms with Crippen molar-refractivity contribution in [2.45, 2.75) is 46.1 Å². The number of aromatic nitrogens is 1. The highest BCUT2D eigenvalue weighted by molar-refractivity contribution is 7.09. The summed E-state index contributed by atoms with van der Waals surface area (Å²) in [7, 11) is 0. The van der Waals surface area contributed by atoms with Gasteiger partial charge in [-0.25, -0.2) is 4.98 Å². The summed E-state index contributed by atoms with van der Waals surface area (Å²) in [6, 6.07) is 0. The summed E-state index contributed by atoms with van der Waals surface area (Å²) in [5.41, 5.74) is 5.99. The first kappa shape index (κ1) is 18.4. The highest BCUT2D eigenvalue weighted by Gasteiger charge is 2.33. The second-order valence-electron chi connectivity index (χ2n) is 7.51. The van der Waals surface area contributed by atoms with Crippen molar-refractivity contribution in [1.29, 1.82) is 0 Å². The van der Waals surface area contributed by atoms with E-state index in [0.29, 0.717) is 30.6 Å². The van der Waals surface area contributed by atoms with Gasteiger partial charge in [0, 0.05) is 37.0 Å². The average molecular weight is 339 g/mol. The number of likely N-dealkylation sites (tertiary alicyclic amines) is 1. The van der Waals surface area contributed by atoms with Crippen LogP contribution in [0.4, 0.5) is 0 Å². The summed E-state index contributed by atoms with van der Waals surface area (Å²) in [4.78, 5) is 19.2. The molecule has 1 fully saturated rings. The zero-order chi connectivity index (χ0) is 17.0. The van der Waals surface area contributed by atoms with Crippen molar-refractivity contribution in [3.05, 3.63) is 16.1 Å². The number of carbonyl (C=O) groups is 1. The van der Waals surface area contributed by atoms with Gasteiger partial charge < -0.3 is 11.1 Å². The summed E-state index contributed by atoms with van der Waals surface area (Å²) in [5.74, 6) is 1.34. The van der Waals surface area contributed by atoms with Crippen molar-refractivity contribution in [1.82, 2.24) is 15.2 Å². The molecule has 2 rings (SSSR count). The predicted octanol–water partition coefficient (Wildman–Crippen LogP) is 2.13. The molecule has 1 aromatic heterocycles. The van der Waals surface area contributed by atoms with E-state index in [-0.39, 0.29) is 11.4 Å². The summed E-state index contributed by atoms with van der Waals surface area (Å²) >= 11 is 1.50. The van der Waals surface area contributed by atoms with Crippen molar-refractivity contribution in [2.75, 3.05) is 26.2 Å². The molecule has 1 aromatic rings. The topological polar surface area (TPSA) is 71.2 Å². The number of nitrogens with two attached hydrogens (primary N) is 1. The third-order valence-corrected chi connectivity index (χ3v) is 5.46. The number of nitrogens with zero attached hydrogens (tertiary/aromatic N) is 2. The van der Waals surface area contributed by atoms with Gasteiger partial charge in [-0.05, 0) is 38.6 Å². The van der Waals surface area contributed by atoms with Crippen LogP contribution in [0.2, 0.25) is 0 Å². The molecule has 3 N–H and O–H groups in total. The lowest BCUT2D eigenvalue weighted by atomic mass is 9.88. The molecular formula is C17H30N4OS. The highest BCUT2D eigenvalue weighted by Crippen LogP contribution is 2.26. The number of rotatable bonds is 6. The highest BCUT2D eigenvalue weighted by atomic mass is 32.1. The van der Waals surface area contributed by atoms with E-state index in [4.69, 9.17) is 5.73 Å². The minimum absolute atomic E-state index is 0.0469. The quantitative estimate of drug-likeness (QED) is 0.833. The summed E-state index contributed by atoms with van der Waals surface area (Å²) in [5, 5.41) is 5.80. The van der Waals surface area contributed by atoms with Crippen LogP contribution in [0.25, 0.3) is 0 Å². The first-order valence-corrected chi connectivity index (χ1v) is 9.37. The van der Waals surface area contributed by atoms with Crippen molar-refractivity contribution in [3.8, 4) is 0 Å². The van der Waals surface area contributed by atoms with Crippen LogP contribution in [0.15, 0.2) is 5.38 Å².